The zero-order valence-corrected chi connectivity index (χ0v) is 21.3. The molecule has 2 aliphatic rings. The molecule has 0 radical (unpaired) electrons. The van der Waals surface area contributed by atoms with Crippen molar-refractivity contribution in [2.75, 3.05) is 34.0 Å². The summed E-state index contributed by atoms with van der Waals surface area (Å²) in [5.74, 6) is 1.73. The van der Waals surface area contributed by atoms with Crippen molar-refractivity contribution in [1.29, 1.82) is 0 Å². The van der Waals surface area contributed by atoms with Gasteiger partial charge in [-0.25, -0.2) is 0 Å². The number of hydrogen-bond donors (Lipinski definition) is 0. The Morgan fingerprint density at radius 1 is 1.03 bits per heavy atom. The van der Waals surface area contributed by atoms with Crippen LogP contribution in [0.5, 0.6) is 11.5 Å². The van der Waals surface area contributed by atoms with E-state index in [0.717, 1.165) is 42.4 Å². The van der Waals surface area contributed by atoms with Gasteiger partial charge in [-0.05, 0) is 12.1 Å². The molecule has 164 valence electrons. The van der Waals surface area contributed by atoms with Gasteiger partial charge in [-0.15, -0.1) is 24.3 Å². The second-order valence-electron chi connectivity index (χ2n) is 6.19. The van der Waals surface area contributed by atoms with E-state index in [1.54, 1.807) is 26.0 Å². The minimum absolute atomic E-state index is 0. The smallest absolute Gasteiger partial charge is 0.510 e. The number of rotatable bonds is 5. The molecule has 0 N–H and O–H groups in total. The fourth-order valence-electron chi connectivity index (χ4n) is 2.16. The summed E-state index contributed by atoms with van der Waals surface area (Å²) in [6.07, 6.45) is 0.356. The molecule has 0 unspecified atom stereocenters. The normalized spacial score (nSPS) is 14.6. The van der Waals surface area contributed by atoms with Crippen LogP contribution in [-0.2, 0) is 9.47 Å². The molecule has 0 atom stereocenters. The van der Waals surface area contributed by atoms with Crippen LogP contribution in [0.3, 0.4) is 0 Å². The van der Waals surface area contributed by atoms with E-state index < -0.39 is 0 Å². The predicted octanol–water partition coefficient (Wildman–Crippen LogP) is -0.888. The fraction of sp³-hybridized carbons (Fsp3) is 0.250. The van der Waals surface area contributed by atoms with Crippen LogP contribution in [0.1, 0.15) is 11.1 Å². The van der Waals surface area contributed by atoms with Crippen LogP contribution in [0.2, 0.25) is 0 Å². The van der Waals surface area contributed by atoms with Gasteiger partial charge in [0.25, 0.3) is 0 Å². The van der Waals surface area contributed by atoms with E-state index in [0.29, 0.717) is 6.10 Å². The van der Waals surface area contributed by atoms with E-state index in [2.05, 4.69) is 28.7 Å². The molecule has 4 rings (SSSR count). The van der Waals surface area contributed by atoms with Gasteiger partial charge in [0.05, 0.1) is 25.7 Å². The number of benzene rings is 2. The van der Waals surface area contributed by atoms with Gasteiger partial charge in [-0.1, -0.05) is 0 Å². The summed E-state index contributed by atoms with van der Waals surface area (Å²) in [6.45, 7) is 9.85. The van der Waals surface area contributed by atoms with Gasteiger partial charge in [0.2, 0.25) is 0 Å². The third kappa shape index (κ3) is 11.9. The first kappa shape index (κ1) is 27.9. The largest absolute Gasteiger partial charge is 1.00 e. The van der Waals surface area contributed by atoms with Crippen molar-refractivity contribution in [2.24, 2.45) is 0 Å². The van der Waals surface area contributed by atoms with E-state index in [1.165, 1.54) is 3.58 Å². The van der Waals surface area contributed by atoms with Crippen LogP contribution >= 0.6 is 11.8 Å². The van der Waals surface area contributed by atoms with Crippen LogP contribution in [0, 0.1) is 19.3 Å². The van der Waals surface area contributed by atoms with Crippen molar-refractivity contribution >= 4 is 11.8 Å². The Bertz CT molecular complexity index is 779. The van der Waals surface area contributed by atoms with Crippen molar-refractivity contribution in [3.05, 3.63) is 92.0 Å². The molecule has 31 heavy (non-hydrogen) atoms. The van der Waals surface area contributed by atoms with Crippen molar-refractivity contribution in [3.63, 3.8) is 0 Å². The van der Waals surface area contributed by atoms with Crippen LogP contribution in [0.15, 0.2) is 61.6 Å². The SMILES string of the molecule is [C-]1=C[I-]C(COC2COC2)=CS1.[CH2-]c1cccc(OC)c1.[CH2-]c1cccc(OC)c1.[Li+]. The Morgan fingerprint density at radius 3 is 1.97 bits per heavy atom. The fourth-order valence-corrected chi connectivity index (χ4v) is 4.97. The molecular weight excluding hydrogens is 518 g/mol. The maximum atomic E-state index is 5.59. The maximum Gasteiger partial charge on any atom is 1.00 e. The predicted molar refractivity (Wildman–Crippen MR) is 119 cm³/mol. The topological polar surface area (TPSA) is 36.9 Å². The molecule has 0 amide bonds. The maximum absolute atomic E-state index is 5.59. The quantitative estimate of drug-likeness (QED) is 0.277. The molecule has 2 aliphatic heterocycles. The summed E-state index contributed by atoms with van der Waals surface area (Å²) >= 11 is 1.70. The first-order valence-corrected chi connectivity index (χ1v) is 12.5. The number of hydrogen-bond acceptors (Lipinski definition) is 5. The van der Waals surface area contributed by atoms with E-state index in [-0.39, 0.29) is 40.1 Å². The van der Waals surface area contributed by atoms with E-state index in [4.69, 9.17) is 18.9 Å². The third-order valence-corrected chi connectivity index (χ3v) is 7.37. The second kappa shape index (κ2) is 16.5. The molecule has 1 saturated heterocycles. The van der Waals surface area contributed by atoms with Gasteiger partial charge in [0, 0.05) is 0 Å². The summed E-state index contributed by atoms with van der Waals surface area (Å²) in [5, 5.41) is 5.27. The van der Waals surface area contributed by atoms with Crippen molar-refractivity contribution in [2.45, 2.75) is 6.10 Å². The molecule has 4 nitrogen and oxygen atoms in total. The summed E-state index contributed by atoms with van der Waals surface area (Å²) in [5.41, 5.74) is 1.96. The molecule has 7 heteroatoms. The number of thioether (sulfide) groups is 1. The third-order valence-electron chi connectivity index (χ3n) is 3.83. The molecule has 2 heterocycles. The average Bonchev–Trinajstić information content (AvgIpc) is 2.74. The molecule has 0 saturated carbocycles. The van der Waals surface area contributed by atoms with Gasteiger partial charge >= 0.3 is 106 Å². The molecule has 1 fully saturated rings. The van der Waals surface area contributed by atoms with E-state index >= 15 is 0 Å². The molecule has 2 aromatic rings. The van der Waals surface area contributed by atoms with Gasteiger partial charge in [0.15, 0.2) is 0 Å². The monoisotopic (exact) mass is 545 g/mol. The minimum atomic E-state index is 0. The first-order chi connectivity index (χ1) is 14.6. The molecule has 0 aliphatic carbocycles. The number of methoxy groups -OCH3 is 2. The van der Waals surface area contributed by atoms with Crippen LogP contribution in [0.4, 0.5) is 0 Å². The molecule has 0 spiro atoms. The summed E-state index contributed by atoms with van der Waals surface area (Å²) in [7, 11) is 3.30. The van der Waals surface area contributed by atoms with Gasteiger partial charge in [-0.3, -0.25) is 0 Å². The van der Waals surface area contributed by atoms with Gasteiger partial charge < -0.3 is 9.47 Å². The second-order valence-corrected chi connectivity index (χ2v) is 9.53. The zero-order valence-electron chi connectivity index (χ0n) is 18.3. The van der Waals surface area contributed by atoms with Crippen molar-refractivity contribution in [3.8, 4) is 11.5 Å². The Hall–Kier alpha value is -1.14. The van der Waals surface area contributed by atoms with Crippen LogP contribution in [0.25, 0.3) is 0 Å². The van der Waals surface area contributed by atoms with E-state index in [9.17, 15) is 0 Å². The Kier molecular flexibility index (Phi) is 14.8. The Balaban J connectivity index is 0.000000233. The first-order valence-electron chi connectivity index (χ1n) is 9.27. The van der Waals surface area contributed by atoms with Crippen molar-refractivity contribution < 1.29 is 59.0 Å². The molecule has 2 aromatic carbocycles. The standard InChI is InChI=1S/C8H9IO2S.2C8H9O.Li/c1-2-12-6-7(9-1)3-11-8-4-10-5-8;2*1-7-4-3-5-8(6-7)9-2;/h1,6,8H,3-5H2;2*3-6H,1H2,2H3;/q-2;2*-1;+1. The summed E-state index contributed by atoms with van der Waals surface area (Å²) in [6, 6.07) is 15.3. The molecule has 0 bridgehead atoms. The zero-order chi connectivity index (χ0) is 21.6. The van der Waals surface area contributed by atoms with Gasteiger partial charge in [-0.2, -0.15) is 37.1 Å². The Morgan fingerprint density at radius 2 is 1.61 bits per heavy atom. The Labute approximate surface area is 213 Å². The van der Waals surface area contributed by atoms with Gasteiger partial charge in [0.1, 0.15) is 0 Å². The number of ether oxygens (including phenoxy) is 4. The van der Waals surface area contributed by atoms with Crippen LogP contribution in [-0.4, -0.2) is 40.1 Å². The average molecular weight is 545 g/mol. The van der Waals surface area contributed by atoms with Crippen molar-refractivity contribution in [1.82, 2.24) is 0 Å². The van der Waals surface area contributed by atoms with Crippen LogP contribution < -0.4 is 49.5 Å². The minimum Gasteiger partial charge on any atom is -0.510 e. The molecule has 0 aromatic heterocycles. The summed E-state index contributed by atoms with van der Waals surface area (Å²) in [4.78, 5) is 0. The number of halogens is 1. The molecular formula is C24H27ILiO4S-3. The summed E-state index contributed by atoms with van der Waals surface area (Å²) < 4.78 is 24.1. The van der Waals surface area contributed by atoms with E-state index in [1.807, 2.05) is 48.5 Å².